The van der Waals surface area contributed by atoms with Gasteiger partial charge < -0.3 is 14.4 Å². The average molecular weight is 281 g/mol. The van der Waals surface area contributed by atoms with Gasteiger partial charge in [0.15, 0.2) is 6.04 Å². The smallest absolute Gasteiger partial charge is 0.336 e. The molecule has 1 unspecified atom stereocenters. The largest absolute Gasteiger partial charge is 0.463 e. The molecule has 0 spiro atoms. The molecule has 0 radical (unpaired) electrons. The van der Waals surface area contributed by atoms with E-state index in [4.69, 9.17) is 9.47 Å². The van der Waals surface area contributed by atoms with E-state index in [1.54, 1.807) is 33.8 Å². The van der Waals surface area contributed by atoms with Crippen molar-refractivity contribution in [3.63, 3.8) is 0 Å². The van der Waals surface area contributed by atoms with E-state index in [9.17, 15) is 14.4 Å². The van der Waals surface area contributed by atoms with E-state index in [0.29, 0.717) is 6.42 Å². The lowest BCUT2D eigenvalue weighted by Gasteiger charge is -2.38. The summed E-state index contributed by atoms with van der Waals surface area (Å²) in [5.74, 6) is -1.31. The van der Waals surface area contributed by atoms with Crippen LogP contribution in [0.3, 0.4) is 0 Å². The minimum absolute atomic E-state index is 0.151. The molecule has 2 aliphatic heterocycles. The summed E-state index contributed by atoms with van der Waals surface area (Å²) in [5.41, 5.74) is -0.472. The van der Waals surface area contributed by atoms with Crippen LogP contribution in [0.4, 0.5) is 0 Å². The van der Waals surface area contributed by atoms with Crippen molar-refractivity contribution in [3.8, 4) is 0 Å². The molecule has 1 fully saturated rings. The van der Waals surface area contributed by atoms with Gasteiger partial charge in [0.1, 0.15) is 5.60 Å². The summed E-state index contributed by atoms with van der Waals surface area (Å²) in [7, 11) is 0. The van der Waals surface area contributed by atoms with E-state index >= 15 is 0 Å². The van der Waals surface area contributed by atoms with Crippen LogP contribution in [0.1, 0.15) is 34.1 Å². The fourth-order valence-corrected chi connectivity index (χ4v) is 2.37. The van der Waals surface area contributed by atoms with Crippen LogP contribution in [-0.4, -0.2) is 47.0 Å². The lowest BCUT2D eigenvalue weighted by molar-refractivity contribution is -0.168. The summed E-state index contributed by atoms with van der Waals surface area (Å²) in [6.45, 7) is 7.13. The van der Waals surface area contributed by atoms with Crippen LogP contribution in [0.15, 0.2) is 11.6 Å². The number of amides is 1. The molecule has 20 heavy (non-hydrogen) atoms. The molecular weight excluding hydrogens is 262 g/mol. The van der Waals surface area contributed by atoms with Crippen LogP contribution >= 0.6 is 0 Å². The maximum Gasteiger partial charge on any atom is 0.336 e. The van der Waals surface area contributed by atoms with Crippen molar-refractivity contribution in [3.05, 3.63) is 11.6 Å². The molecule has 0 saturated carbocycles. The second kappa shape index (κ2) is 4.92. The molecule has 6 heteroatoms. The van der Waals surface area contributed by atoms with Crippen LogP contribution in [-0.2, 0) is 23.9 Å². The fourth-order valence-electron chi connectivity index (χ4n) is 2.37. The molecule has 0 N–H and O–H groups in total. The normalized spacial score (nSPS) is 24.7. The number of esters is 2. The van der Waals surface area contributed by atoms with E-state index in [1.165, 1.54) is 4.90 Å². The maximum absolute atomic E-state index is 12.3. The first kappa shape index (κ1) is 14.6. The van der Waals surface area contributed by atoms with Gasteiger partial charge >= 0.3 is 11.9 Å². The number of rotatable bonds is 3. The van der Waals surface area contributed by atoms with Gasteiger partial charge in [-0.1, -0.05) is 0 Å². The van der Waals surface area contributed by atoms with Crippen LogP contribution < -0.4 is 0 Å². The fraction of sp³-hybridized carbons (Fsp3) is 0.643. The summed E-state index contributed by atoms with van der Waals surface area (Å²) in [4.78, 5) is 37.2. The molecule has 2 heterocycles. The zero-order chi connectivity index (χ0) is 15.1. The minimum atomic E-state index is -0.973. The highest BCUT2D eigenvalue weighted by atomic mass is 16.6. The van der Waals surface area contributed by atoms with Crippen LogP contribution in [0.5, 0.6) is 0 Å². The van der Waals surface area contributed by atoms with Gasteiger partial charge in [-0.25, -0.2) is 9.59 Å². The lowest BCUT2D eigenvalue weighted by atomic mass is 10.0. The van der Waals surface area contributed by atoms with Gasteiger partial charge in [-0.2, -0.15) is 0 Å². The number of carbonyl (C=O) groups excluding carboxylic acids is 3. The van der Waals surface area contributed by atoms with Crippen molar-refractivity contribution in [2.75, 3.05) is 6.61 Å². The van der Waals surface area contributed by atoms with Crippen molar-refractivity contribution in [1.29, 1.82) is 0 Å². The third-order valence-corrected chi connectivity index (χ3v) is 3.11. The lowest BCUT2D eigenvalue weighted by Crippen LogP contribution is -2.57. The third kappa shape index (κ3) is 2.55. The molecular formula is C14H19NO5. The molecule has 1 saturated heterocycles. The van der Waals surface area contributed by atoms with E-state index in [-0.39, 0.29) is 24.1 Å². The van der Waals surface area contributed by atoms with Crippen LogP contribution in [0.2, 0.25) is 0 Å². The maximum atomic E-state index is 12.3. The summed E-state index contributed by atoms with van der Waals surface area (Å²) in [5, 5.41) is 0. The SMILES string of the molecule is CCOC(=O)C1=CC2CC(=O)N2[C@H]1C(=O)OC(C)(C)C. The van der Waals surface area contributed by atoms with Crippen molar-refractivity contribution in [2.45, 2.75) is 51.8 Å². The Labute approximate surface area is 117 Å². The van der Waals surface area contributed by atoms with Crippen molar-refractivity contribution in [1.82, 2.24) is 4.90 Å². The Morgan fingerprint density at radius 3 is 2.55 bits per heavy atom. The van der Waals surface area contributed by atoms with Gasteiger partial charge in [0.2, 0.25) is 5.91 Å². The molecule has 0 aliphatic carbocycles. The topological polar surface area (TPSA) is 72.9 Å². The monoisotopic (exact) mass is 281 g/mol. The number of ether oxygens (including phenoxy) is 2. The zero-order valence-corrected chi connectivity index (χ0v) is 12.1. The second-order valence-corrected chi connectivity index (χ2v) is 5.85. The molecule has 2 atom stereocenters. The van der Waals surface area contributed by atoms with Gasteiger partial charge in [-0.05, 0) is 33.8 Å². The Morgan fingerprint density at radius 1 is 1.40 bits per heavy atom. The predicted octanol–water partition coefficient (Wildman–Crippen LogP) is 0.801. The van der Waals surface area contributed by atoms with E-state index in [0.717, 1.165) is 0 Å². The number of β-lactam (4-membered cyclic amide) rings is 1. The molecule has 0 aromatic rings. The Morgan fingerprint density at radius 2 is 2.05 bits per heavy atom. The van der Waals surface area contributed by atoms with Gasteiger partial charge in [-0.15, -0.1) is 0 Å². The Bertz CT molecular complexity index is 488. The first-order valence-electron chi connectivity index (χ1n) is 6.67. The molecule has 6 nitrogen and oxygen atoms in total. The number of hydrogen-bond acceptors (Lipinski definition) is 5. The summed E-state index contributed by atoms with van der Waals surface area (Å²) in [6, 6.07) is -1.17. The van der Waals surface area contributed by atoms with Crippen molar-refractivity contribution >= 4 is 17.8 Å². The standard InChI is InChI=1S/C14H19NO5/c1-5-19-12(17)9-6-8-7-10(16)15(8)11(9)13(18)20-14(2,3)4/h6,8,11H,5,7H2,1-4H3/t8?,11-/m1/s1. The first-order chi connectivity index (χ1) is 9.24. The summed E-state index contributed by atoms with van der Waals surface area (Å²) >= 11 is 0. The van der Waals surface area contributed by atoms with E-state index in [1.807, 2.05) is 0 Å². The highest BCUT2D eigenvalue weighted by Crippen LogP contribution is 2.35. The number of nitrogens with zero attached hydrogens (tertiary/aromatic N) is 1. The second-order valence-electron chi connectivity index (χ2n) is 5.85. The molecule has 0 bridgehead atoms. The highest BCUT2D eigenvalue weighted by molar-refractivity contribution is 6.03. The van der Waals surface area contributed by atoms with Crippen molar-refractivity contribution < 1.29 is 23.9 Å². The molecule has 0 aromatic carbocycles. The Hall–Kier alpha value is -1.85. The predicted molar refractivity (Wildman–Crippen MR) is 69.6 cm³/mol. The summed E-state index contributed by atoms with van der Waals surface area (Å²) < 4.78 is 10.2. The van der Waals surface area contributed by atoms with Crippen LogP contribution in [0.25, 0.3) is 0 Å². The van der Waals surface area contributed by atoms with Crippen LogP contribution in [0, 0.1) is 0 Å². The molecule has 1 amide bonds. The summed E-state index contributed by atoms with van der Waals surface area (Å²) in [6.07, 6.45) is 1.95. The molecule has 110 valence electrons. The van der Waals surface area contributed by atoms with E-state index < -0.39 is 23.6 Å². The van der Waals surface area contributed by atoms with Gasteiger partial charge in [0.25, 0.3) is 0 Å². The zero-order valence-electron chi connectivity index (χ0n) is 12.1. The Kier molecular flexibility index (Phi) is 3.58. The minimum Gasteiger partial charge on any atom is -0.463 e. The molecule has 0 aromatic heterocycles. The number of fused-ring (bicyclic) bond motifs is 1. The first-order valence-corrected chi connectivity index (χ1v) is 6.67. The van der Waals surface area contributed by atoms with Crippen molar-refractivity contribution in [2.24, 2.45) is 0 Å². The average Bonchev–Trinajstić information content (AvgIpc) is 2.60. The third-order valence-electron chi connectivity index (χ3n) is 3.11. The van der Waals surface area contributed by atoms with E-state index in [2.05, 4.69) is 0 Å². The Balaban J connectivity index is 2.22. The van der Waals surface area contributed by atoms with Gasteiger partial charge in [0, 0.05) is 0 Å². The van der Waals surface area contributed by atoms with Gasteiger partial charge in [0.05, 0.1) is 24.6 Å². The number of hydrogen-bond donors (Lipinski definition) is 0. The van der Waals surface area contributed by atoms with Gasteiger partial charge in [-0.3, -0.25) is 4.79 Å². The molecule has 2 aliphatic rings. The molecule has 2 rings (SSSR count). The quantitative estimate of drug-likeness (QED) is 0.565. The number of carbonyl (C=O) groups is 3. The highest BCUT2D eigenvalue weighted by Gasteiger charge is 2.52.